The maximum atomic E-state index is 5.92. The highest BCUT2D eigenvalue weighted by atomic mass is 16.5. The second-order valence-corrected chi connectivity index (χ2v) is 4.59. The van der Waals surface area contributed by atoms with E-state index in [0.717, 1.165) is 31.2 Å². The molecule has 1 aromatic rings. The van der Waals surface area contributed by atoms with Crippen molar-refractivity contribution in [1.82, 2.24) is 9.97 Å². The topological polar surface area (TPSA) is 35.0 Å². The minimum Gasteiger partial charge on any atom is -0.457 e. The minimum atomic E-state index is -0.126. The highest BCUT2D eigenvalue weighted by molar-refractivity contribution is 5.05. The average molecular weight is 222 g/mol. The molecule has 0 unspecified atom stereocenters. The van der Waals surface area contributed by atoms with Gasteiger partial charge >= 0.3 is 6.01 Å². The minimum absolute atomic E-state index is 0.126. The van der Waals surface area contributed by atoms with E-state index in [4.69, 9.17) is 4.74 Å². The van der Waals surface area contributed by atoms with Crippen LogP contribution < -0.4 is 4.74 Å². The summed E-state index contributed by atoms with van der Waals surface area (Å²) in [4.78, 5) is 8.39. The van der Waals surface area contributed by atoms with Gasteiger partial charge in [0.1, 0.15) is 5.60 Å². The lowest BCUT2D eigenvalue weighted by Gasteiger charge is -2.28. The molecule has 0 aromatic carbocycles. The highest BCUT2D eigenvalue weighted by Gasteiger charge is 2.25. The van der Waals surface area contributed by atoms with E-state index in [2.05, 4.69) is 30.7 Å². The zero-order valence-corrected chi connectivity index (χ0v) is 10.8. The Labute approximate surface area is 98.3 Å². The summed E-state index contributed by atoms with van der Waals surface area (Å²) in [5, 5.41) is 0. The Hall–Kier alpha value is -1.12. The van der Waals surface area contributed by atoms with E-state index in [1.807, 2.05) is 6.92 Å². The molecule has 90 valence electrons. The van der Waals surface area contributed by atoms with Crippen molar-refractivity contribution in [3.63, 3.8) is 0 Å². The van der Waals surface area contributed by atoms with Gasteiger partial charge in [0.05, 0.1) is 0 Å². The summed E-state index contributed by atoms with van der Waals surface area (Å²) in [5.41, 5.74) is 0.929. The van der Waals surface area contributed by atoms with Crippen LogP contribution in [0, 0.1) is 6.92 Å². The van der Waals surface area contributed by atoms with Gasteiger partial charge in [0, 0.05) is 12.4 Å². The lowest BCUT2D eigenvalue weighted by atomic mass is 9.95. The zero-order valence-electron chi connectivity index (χ0n) is 10.8. The van der Waals surface area contributed by atoms with Crippen molar-refractivity contribution in [2.75, 3.05) is 0 Å². The van der Waals surface area contributed by atoms with Gasteiger partial charge in [0.2, 0.25) is 0 Å². The SMILES string of the molecule is CCCC(C)(CCC)Oc1ncc(C)cn1. The van der Waals surface area contributed by atoms with Crippen molar-refractivity contribution in [2.24, 2.45) is 0 Å². The maximum Gasteiger partial charge on any atom is 0.316 e. The van der Waals surface area contributed by atoms with Crippen molar-refractivity contribution >= 4 is 0 Å². The molecule has 0 bridgehead atoms. The van der Waals surface area contributed by atoms with Gasteiger partial charge in [-0.2, -0.15) is 0 Å². The number of ether oxygens (including phenoxy) is 1. The van der Waals surface area contributed by atoms with Crippen LogP contribution in [0.4, 0.5) is 0 Å². The molecule has 0 aliphatic carbocycles. The molecule has 0 spiro atoms. The molecule has 0 N–H and O–H groups in total. The third kappa shape index (κ3) is 3.80. The van der Waals surface area contributed by atoms with E-state index < -0.39 is 0 Å². The van der Waals surface area contributed by atoms with Crippen molar-refractivity contribution in [2.45, 2.75) is 59.0 Å². The first-order valence-corrected chi connectivity index (χ1v) is 6.07. The predicted molar refractivity (Wildman–Crippen MR) is 65.6 cm³/mol. The predicted octanol–water partition coefficient (Wildman–Crippen LogP) is 3.52. The summed E-state index contributed by atoms with van der Waals surface area (Å²) in [7, 11) is 0. The Bertz CT molecular complexity index is 302. The third-order valence-electron chi connectivity index (χ3n) is 2.65. The van der Waals surface area contributed by atoms with Crippen LogP contribution in [0.3, 0.4) is 0 Å². The van der Waals surface area contributed by atoms with Crippen LogP contribution in [0.1, 0.15) is 52.0 Å². The van der Waals surface area contributed by atoms with E-state index in [0.29, 0.717) is 6.01 Å². The first-order chi connectivity index (χ1) is 7.59. The highest BCUT2D eigenvalue weighted by Crippen LogP contribution is 2.24. The van der Waals surface area contributed by atoms with E-state index in [9.17, 15) is 0 Å². The Morgan fingerprint density at radius 3 is 2.06 bits per heavy atom. The van der Waals surface area contributed by atoms with Gasteiger partial charge in [0.25, 0.3) is 0 Å². The first kappa shape index (κ1) is 12.9. The lowest BCUT2D eigenvalue weighted by Crippen LogP contribution is -2.32. The summed E-state index contributed by atoms with van der Waals surface area (Å²) >= 11 is 0. The van der Waals surface area contributed by atoms with Crippen LogP contribution in [-0.4, -0.2) is 15.6 Å². The molecule has 3 heteroatoms. The molecule has 0 aliphatic rings. The molecule has 0 radical (unpaired) electrons. The molecular weight excluding hydrogens is 200 g/mol. The van der Waals surface area contributed by atoms with E-state index in [1.165, 1.54) is 0 Å². The number of hydrogen-bond donors (Lipinski definition) is 0. The normalized spacial score (nSPS) is 11.5. The van der Waals surface area contributed by atoms with Gasteiger partial charge < -0.3 is 4.74 Å². The molecular formula is C13H22N2O. The van der Waals surface area contributed by atoms with Gasteiger partial charge in [-0.25, -0.2) is 9.97 Å². The summed E-state index contributed by atoms with van der Waals surface area (Å²) in [5.74, 6) is 0. The van der Waals surface area contributed by atoms with Crippen molar-refractivity contribution in [3.05, 3.63) is 18.0 Å². The summed E-state index contributed by atoms with van der Waals surface area (Å²) in [6.07, 6.45) is 7.89. The third-order valence-corrected chi connectivity index (χ3v) is 2.65. The Kier molecular flexibility index (Phi) is 4.71. The second-order valence-electron chi connectivity index (χ2n) is 4.59. The molecule has 0 fully saturated rings. The van der Waals surface area contributed by atoms with Crippen molar-refractivity contribution in [1.29, 1.82) is 0 Å². The monoisotopic (exact) mass is 222 g/mol. The molecule has 0 saturated carbocycles. The number of aryl methyl sites for hydroxylation is 1. The maximum absolute atomic E-state index is 5.92. The Morgan fingerprint density at radius 1 is 1.12 bits per heavy atom. The molecule has 1 rings (SSSR count). The van der Waals surface area contributed by atoms with E-state index in [1.54, 1.807) is 12.4 Å². The van der Waals surface area contributed by atoms with Crippen LogP contribution in [0.5, 0.6) is 6.01 Å². The van der Waals surface area contributed by atoms with Gasteiger partial charge in [-0.3, -0.25) is 0 Å². The molecule has 0 saturated heterocycles. The average Bonchev–Trinajstić information content (AvgIpc) is 2.22. The summed E-state index contributed by atoms with van der Waals surface area (Å²) in [6, 6.07) is 0.495. The molecule has 1 aromatic heterocycles. The fraction of sp³-hybridized carbons (Fsp3) is 0.692. The molecule has 3 nitrogen and oxygen atoms in total. The number of nitrogens with zero attached hydrogens (tertiary/aromatic N) is 2. The van der Waals surface area contributed by atoms with Gasteiger partial charge in [-0.1, -0.05) is 26.7 Å². The zero-order chi connectivity index (χ0) is 12.0. The standard InChI is InChI=1S/C13H22N2O/c1-5-7-13(4,8-6-2)16-12-14-9-11(3)10-15-12/h9-10H,5-8H2,1-4H3. The molecule has 0 amide bonds. The first-order valence-electron chi connectivity index (χ1n) is 6.07. The summed E-state index contributed by atoms with van der Waals surface area (Å²) in [6.45, 7) is 8.46. The van der Waals surface area contributed by atoms with Crippen LogP contribution in [0.25, 0.3) is 0 Å². The van der Waals surface area contributed by atoms with Gasteiger partial charge in [0.15, 0.2) is 0 Å². The van der Waals surface area contributed by atoms with Crippen molar-refractivity contribution in [3.8, 4) is 6.01 Å². The fourth-order valence-corrected chi connectivity index (χ4v) is 1.94. The van der Waals surface area contributed by atoms with Crippen molar-refractivity contribution < 1.29 is 4.74 Å². The van der Waals surface area contributed by atoms with Crippen LogP contribution in [0.15, 0.2) is 12.4 Å². The molecule has 1 heterocycles. The summed E-state index contributed by atoms with van der Waals surface area (Å²) < 4.78 is 5.92. The number of aromatic nitrogens is 2. The van der Waals surface area contributed by atoms with Crippen LogP contribution in [0.2, 0.25) is 0 Å². The number of rotatable bonds is 6. The Balaban J connectivity index is 2.70. The number of hydrogen-bond acceptors (Lipinski definition) is 3. The molecule has 0 aliphatic heterocycles. The van der Waals surface area contributed by atoms with Crippen LogP contribution >= 0.6 is 0 Å². The Morgan fingerprint density at radius 2 is 1.62 bits per heavy atom. The largest absolute Gasteiger partial charge is 0.457 e. The molecule has 16 heavy (non-hydrogen) atoms. The van der Waals surface area contributed by atoms with Gasteiger partial charge in [-0.05, 0) is 32.3 Å². The molecule has 0 atom stereocenters. The quantitative estimate of drug-likeness (QED) is 0.738. The van der Waals surface area contributed by atoms with E-state index in [-0.39, 0.29) is 5.60 Å². The van der Waals surface area contributed by atoms with Crippen LogP contribution in [-0.2, 0) is 0 Å². The fourth-order valence-electron chi connectivity index (χ4n) is 1.94. The lowest BCUT2D eigenvalue weighted by molar-refractivity contribution is 0.0573. The second kappa shape index (κ2) is 5.83. The smallest absolute Gasteiger partial charge is 0.316 e. The van der Waals surface area contributed by atoms with Gasteiger partial charge in [-0.15, -0.1) is 0 Å². The van der Waals surface area contributed by atoms with E-state index >= 15 is 0 Å².